The van der Waals surface area contributed by atoms with Crippen LogP contribution >= 0.6 is 0 Å². The summed E-state index contributed by atoms with van der Waals surface area (Å²) >= 11 is 0. The summed E-state index contributed by atoms with van der Waals surface area (Å²) in [5, 5.41) is 12.1. The fraction of sp³-hybridized carbons (Fsp3) is 0.333. The molecule has 1 saturated heterocycles. The average Bonchev–Trinajstić information content (AvgIpc) is 3.22. The van der Waals surface area contributed by atoms with Crippen molar-refractivity contribution in [1.82, 2.24) is 5.32 Å². The van der Waals surface area contributed by atoms with Crippen LogP contribution in [0.3, 0.4) is 0 Å². The second kappa shape index (κ2) is 9.19. The predicted octanol–water partition coefficient (Wildman–Crippen LogP) is 2.41. The van der Waals surface area contributed by atoms with Crippen molar-refractivity contribution in [3.63, 3.8) is 0 Å². The lowest BCUT2D eigenvalue weighted by atomic mass is 10.0. The van der Waals surface area contributed by atoms with Gasteiger partial charge in [0.25, 0.3) is 0 Å². The number of hydrogen-bond acceptors (Lipinski definition) is 4. The summed E-state index contributed by atoms with van der Waals surface area (Å²) in [6, 6.07) is 16.1. The molecule has 0 aromatic heterocycles. The zero-order valence-electron chi connectivity index (χ0n) is 15.0. The predicted molar refractivity (Wildman–Crippen MR) is 99.4 cm³/mol. The van der Waals surface area contributed by atoms with Gasteiger partial charge in [-0.2, -0.15) is 0 Å². The van der Waals surface area contributed by atoms with Crippen LogP contribution in [0.15, 0.2) is 54.6 Å². The van der Waals surface area contributed by atoms with E-state index in [1.165, 1.54) is 0 Å². The van der Waals surface area contributed by atoms with E-state index in [9.17, 15) is 14.7 Å². The largest absolute Gasteiger partial charge is 0.489 e. The van der Waals surface area contributed by atoms with Crippen molar-refractivity contribution in [1.29, 1.82) is 0 Å². The number of carbonyl (C=O) groups excluding carboxylic acids is 1. The molecule has 0 aliphatic carbocycles. The lowest BCUT2D eigenvalue weighted by Gasteiger charge is -2.17. The Morgan fingerprint density at radius 2 is 1.93 bits per heavy atom. The Morgan fingerprint density at radius 3 is 2.63 bits per heavy atom. The molecule has 2 aromatic rings. The van der Waals surface area contributed by atoms with E-state index < -0.39 is 12.0 Å². The first-order valence-corrected chi connectivity index (χ1v) is 8.98. The van der Waals surface area contributed by atoms with Crippen LogP contribution in [0.1, 0.15) is 17.5 Å². The van der Waals surface area contributed by atoms with Gasteiger partial charge in [0.15, 0.2) is 0 Å². The smallest absolute Gasteiger partial charge is 0.326 e. The highest BCUT2D eigenvalue weighted by Gasteiger charge is 2.28. The molecule has 1 fully saturated rings. The van der Waals surface area contributed by atoms with Gasteiger partial charge in [-0.15, -0.1) is 0 Å². The van der Waals surface area contributed by atoms with E-state index in [0.29, 0.717) is 32.0 Å². The summed E-state index contributed by atoms with van der Waals surface area (Å²) in [5.41, 5.74) is 1.84. The third-order valence-electron chi connectivity index (χ3n) is 4.50. The van der Waals surface area contributed by atoms with Gasteiger partial charge in [-0.05, 0) is 29.7 Å². The van der Waals surface area contributed by atoms with Gasteiger partial charge in [0.05, 0.1) is 12.5 Å². The Balaban J connectivity index is 1.60. The lowest BCUT2D eigenvalue weighted by Crippen LogP contribution is -2.45. The maximum Gasteiger partial charge on any atom is 0.326 e. The highest BCUT2D eigenvalue weighted by molar-refractivity contribution is 5.85. The minimum atomic E-state index is -1.06. The van der Waals surface area contributed by atoms with Crippen LogP contribution in [0.25, 0.3) is 0 Å². The topological polar surface area (TPSA) is 84.9 Å². The molecule has 0 spiro atoms. The molecule has 27 heavy (non-hydrogen) atoms. The second-order valence-electron chi connectivity index (χ2n) is 6.59. The van der Waals surface area contributed by atoms with Gasteiger partial charge < -0.3 is 19.9 Å². The minimum Gasteiger partial charge on any atom is -0.489 e. The maximum absolute atomic E-state index is 12.2. The molecule has 6 heteroatoms. The first-order chi connectivity index (χ1) is 13.1. The van der Waals surface area contributed by atoms with E-state index in [4.69, 9.17) is 9.47 Å². The van der Waals surface area contributed by atoms with Gasteiger partial charge in [-0.3, -0.25) is 4.79 Å². The van der Waals surface area contributed by atoms with E-state index >= 15 is 0 Å². The van der Waals surface area contributed by atoms with Crippen LogP contribution in [0.2, 0.25) is 0 Å². The van der Waals surface area contributed by atoms with Crippen molar-refractivity contribution in [2.75, 3.05) is 13.2 Å². The second-order valence-corrected chi connectivity index (χ2v) is 6.59. The monoisotopic (exact) mass is 369 g/mol. The van der Waals surface area contributed by atoms with Gasteiger partial charge in [0.2, 0.25) is 5.91 Å². The number of hydrogen-bond donors (Lipinski definition) is 2. The molecular formula is C21H23NO5. The van der Waals surface area contributed by atoms with Crippen molar-refractivity contribution in [3.05, 3.63) is 65.7 Å². The molecule has 1 aliphatic rings. The van der Waals surface area contributed by atoms with Gasteiger partial charge in [0.1, 0.15) is 18.4 Å². The molecule has 0 radical (unpaired) electrons. The van der Waals surface area contributed by atoms with Crippen molar-refractivity contribution < 1.29 is 24.2 Å². The molecule has 6 nitrogen and oxygen atoms in total. The fourth-order valence-electron chi connectivity index (χ4n) is 2.97. The van der Waals surface area contributed by atoms with Crippen LogP contribution in [0, 0.1) is 5.92 Å². The molecule has 142 valence electrons. The number of carboxylic acid groups (broad SMARTS) is 1. The van der Waals surface area contributed by atoms with Crippen LogP contribution in [0.5, 0.6) is 5.75 Å². The molecule has 0 unspecified atom stereocenters. The van der Waals surface area contributed by atoms with Crippen molar-refractivity contribution >= 4 is 11.9 Å². The number of ether oxygens (including phenoxy) is 2. The van der Waals surface area contributed by atoms with Gasteiger partial charge >= 0.3 is 5.97 Å². The zero-order chi connectivity index (χ0) is 19.1. The summed E-state index contributed by atoms with van der Waals surface area (Å²) in [4.78, 5) is 23.8. The Bertz CT molecular complexity index is 771. The number of amides is 1. The van der Waals surface area contributed by atoms with Crippen molar-refractivity contribution in [3.8, 4) is 5.75 Å². The molecule has 2 atom stereocenters. The Labute approximate surface area is 158 Å². The van der Waals surface area contributed by atoms with Gasteiger partial charge in [-0.1, -0.05) is 42.5 Å². The molecule has 3 rings (SSSR count). The first kappa shape index (κ1) is 18.9. The number of carbonyl (C=O) groups is 2. The third kappa shape index (κ3) is 5.56. The summed E-state index contributed by atoms with van der Waals surface area (Å²) in [6.45, 7) is 1.32. The number of benzene rings is 2. The molecule has 1 aliphatic heterocycles. The summed E-state index contributed by atoms with van der Waals surface area (Å²) < 4.78 is 11.0. The van der Waals surface area contributed by atoms with E-state index in [1.807, 2.05) is 54.6 Å². The number of aliphatic carboxylic acids is 1. The molecular weight excluding hydrogens is 346 g/mol. The molecule has 1 amide bonds. The average molecular weight is 369 g/mol. The van der Waals surface area contributed by atoms with E-state index in [0.717, 1.165) is 11.1 Å². The van der Waals surface area contributed by atoms with E-state index in [1.54, 1.807) is 0 Å². The van der Waals surface area contributed by atoms with E-state index in [2.05, 4.69) is 5.32 Å². The first-order valence-electron chi connectivity index (χ1n) is 8.98. The molecule has 1 heterocycles. The van der Waals surface area contributed by atoms with Gasteiger partial charge in [-0.25, -0.2) is 4.79 Å². The quantitative estimate of drug-likeness (QED) is 0.746. The molecule has 0 bridgehead atoms. The summed E-state index contributed by atoms with van der Waals surface area (Å²) in [6.07, 6.45) is 0.818. The normalized spacial score (nSPS) is 17.3. The van der Waals surface area contributed by atoms with Crippen molar-refractivity contribution in [2.45, 2.75) is 25.5 Å². The number of rotatable bonds is 8. The molecule has 2 N–H and O–H groups in total. The summed E-state index contributed by atoms with van der Waals surface area (Å²) in [5.74, 6) is -0.933. The van der Waals surface area contributed by atoms with Crippen LogP contribution in [-0.4, -0.2) is 36.2 Å². The maximum atomic E-state index is 12.2. The Kier molecular flexibility index (Phi) is 6.44. The van der Waals surface area contributed by atoms with E-state index in [-0.39, 0.29) is 18.2 Å². The lowest BCUT2D eigenvalue weighted by molar-refractivity contribution is -0.142. The van der Waals surface area contributed by atoms with Crippen molar-refractivity contribution in [2.24, 2.45) is 5.92 Å². The highest BCUT2D eigenvalue weighted by Crippen LogP contribution is 2.17. The van der Waals surface area contributed by atoms with Crippen LogP contribution < -0.4 is 10.1 Å². The van der Waals surface area contributed by atoms with Crippen LogP contribution in [0.4, 0.5) is 0 Å². The van der Waals surface area contributed by atoms with Crippen LogP contribution in [-0.2, 0) is 27.4 Å². The fourth-order valence-corrected chi connectivity index (χ4v) is 2.97. The minimum absolute atomic E-state index is 0.192. The van der Waals surface area contributed by atoms with Gasteiger partial charge in [0, 0.05) is 13.0 Å². The SMILES string of the molecule is O=C(N[C@H](Cc1cccc(OCc2ccccc2)c1)C(=O)O)[C@@H]1CCOC1. The number of nitrogens with one attached hydrogen (secondary N) is 1. The third-order valence-corrected chi connectivity index (χ3v) is 4.50. The highest BCUT2D eigenvalue weighted by atomic mass is 16.5. The molecule has 0 saturated carbocycles. The molecule has 2 aromatic carbocycles. The zero-order valence-corrected chi connectivity index (χ0v) is 15.0. The Hall–Kier alpha value is -2.86. The number of carboxylic acids is 1. The standard InChI is InChI=1S/C21H23NO5/c23-20(17-9-10-26-14-17)22-19(21(24)25)12-16-7-4-8-18(11-16)27-13-15-5-2-1-3-6-15/h1-8,11,17,19H,9-10,12-14H2,(H,22,23)(H,24,25)/t17-,19-/m1/s1. The Morgan fingerprint density at radius 1 is 1.15 bits per heavy atom. The summed E-state index contributed by atoms with van der Waals surface area (Å²) in [7, 11) is 0.